The molecule has 2 N–H and O–H groups in total. The van der Waals surface area contributed by atoms with Crippen molar-refractivity contribution in [3.8, 4) is 11.4 Å². The zero-order chi connectivity index (χ0) is 10.8. The van der Waals surface area contributed by atoms with Crippen LogP contribution in [0, 0.1) is 0 Å². The largest absolute Gasteiger partial charge is 0.497 e. The number of nitrogens with two attached hydrogens (primary N) is 1. The lowest BCUT2D eigenvalue weighted by Gasteiger charge is -2.05. The number of hydrogen-bond donors (Lipinski definition) is 1. The average molecular weight is 269 g/mol. The maximum Gasteiger partial charge on any atom is 0.166 e. The van der Waals surface area contributed by atoms with Crippen LogP contribution >= 0.6 is 15.9 Å². The predicted molar refractivity (Wildman–Crippen MR) is 60.0 cm³/mol. The highest BCUT2D eigenvalue weighted by atomic mass is 79.9. The van der Waals surface area contributed by atoms with E-state index >= 15 is 0 Å². The molecule has 0 saturated heterocycles. The summed E-state index contributed by atoms with van der Waals surface area (Å²) in [6.07, 6.45) is 1.49. The summed E-state index contributed by atoms with van der Waals surface area (Å²) >= 11 is 3.41. The van der Waals surface area contributed by atoms with Gasteiger partial charge in [0.15, 0.2) is 5.82 Å². The molecule has 1 heterocycles. The average Bonchev–Trinajstić information content (AvgIpc) is 2.65. The number of aromatic nitrogens is 3. The molecule has 0 spiro atoms. The van der Waals surface area contributed by atoms with Crippen LogP contribution in [0.25, 0.3) is 5.69 Å². The van der Waals surface area contributed by atoms with E-state index in [4.69, 9.17) is 10.5 Å². The van der Waals surface area contributed by atoms with Gasteiger partial charge in [0.05, 0.1) is 13.3 Å². The number of methoxy groups -OCH3 is 1. The quantitative estimate of drug-likeness (QED) is 0.899. The van der Waals surface area contributed by atoms with E-state index in [2.05, 4.69) is 26.1 Å². The summed E-state index contributed by atoms with van der Waals surface area (Å²) in [7, 11) is 1.61. The first-order chi connectivity index (χ1) is 7.20. The first-order valence-corrected chi connectivity index (χ1v) is 5.02. The molecule has 0 unspecified atom stereocenters. The van der Waals surface area contributed by atoms with Crippen LogP contribution in [-0.2, 0) is 0 Å². The normalized spacial score (nSPS) is 10.3. The van der Waals surface area contributed by atoms with Crippen LogP contribution in [0.2, 0.25) is 0 Å². The van der Waals surface area contributed by atoms with E-state index in [9.17, 15) is 0 Å². The molecule has 15 heavy (non-hydrogen) atoms. The Morgan fingerprint density at radius 3 is 2.87 bits per heavy atom. The third-order valence-corrected chi connectivity index (χ3v) is 2.55. The number of nitrogen functional groups attached to an aromatic ring is 1. The van der Waals surface area contributed by atoms with Gasteiger partial charge < -0.3 is 10.5 Å². The molecule has 0 radical (unpaired) electrons. The van der Waals surface area contributed by atoms with E-state index < -0.39 is 0 Å². The van der Waals surface area contributed by atoms with Crippen molar-refractivity contribution in [2.24, 2.45) is 0 Å². The van der Waals surface area contributed by atoms with Crippen molar-refractivity contribution in [2.45, 2.75) is 0 Å². The van der Waals surface area contributed by atoms with E-state index in [1.807, 2.05) is 18.2 Å². The molecule has 0 atom stereocenters. The zero-order valence-electron chi connectivity index (χ0n) is 8.01. The fraction of sp³-hybridized carbons (Fsp3) is 0.111. The van der Waals surface area contributed by atoms with E-state index in [1.165, 1.54) is 11.0 Å². The van der Waals surface area contributed by atoms with E-state index in [-0.39, 0.29) is 0 Å². The molecule has 5 nitrogen and oxygen atoms in total. The topological polar surface area (TPSA) is 66.0 Å². The highest BCUT2D eigenvalue weighted by Crippen LogP contribution is 2.24. The van der Waals surface area contributed by atoms with E-state index in [0.29, 0.717) is 5.82 Å². The van der Waals surface area contributed by atoms with Crippen LogP contribution in [0.5, 0.6) is 5.75 Å². The second-order valence-corrected chi connectivity index (χ2v) is 3.73. The van der Waals surface area contributed by atoms with Crippen LogP contribution in [0.4, 0.5) is 5.82 Å². The van der Waals surface area contributed by atoms with Gasteiger partial charge in [0, 0.05) is 10.5 Å². The van der Waals surface area contributed by atoms with Gasteiger partial charge in [-0.2, -0.15) is 5.10 Å². The lowest BCUT2D eigenvalue weighted by atomic mass is 10.3. The number of ether oxygens (including phenoxy) is 1. The van der Waals surface area contributed by atoms with Gasteiger partial charge in [0.25, 0.3) is 0 Å². The molecule has 1 aromatic heterocycles. The number of nitrogens with zero attached hydrogens (tertiary/aromatic N) is 3. The number of hydrogen-bond acceptors (Lipinski definition) is 4. The summed E-state index contributed by atoms with van der Waals surface area (Å²) in [6, 6.07) is 5.54. The van der Waals surface area contributed by atoms with Gasteiger partial charge in [-0.05, 0) is 28.1 Å². The van der Waals surface area contributed by atoms with Crippen LogP contribution in [0.3, 0.4) is 0 Å². The fourth-order valence-electron chi connectivity index (χ4n) is 1.16. The minimum Gasteiger partial charge on any atom is -0.497 e. The van der Waals surface area contributed by atoms with Gasteiger partial charge in [-0.15, -0.1) is 9.90 Å². The predicted octanol–water partition coefficient (Wildman–Crippen LogP) is 1.62. The maximum atomic E-state index is 5.50. The lowest BCUT2D eigenvalue weighted by molar-refractivity contribution is 0.414. The summed E-state index contributed by atoms with van der Waals surface area (Å²) in [5, 5.41) is 8.03. The molecule has 0 amide bonds. The second kappa shape index (κ2) is 3.90. The van der Waals surface area contributed by atoms with Crippen LogP contribution in [0.1, 0.15) is 0 Å². The molecule has 0 aliphatic heterocycles. The Balaban J connectivity index is 2.51. The van der Waals surface area contributed by atoms with Crippen LogP contribution in [-0.4, -0.2) is 22.1 Å². The Morgan fingerprint density at radius 1 is 1.47 bits per heavy atom. The first kappa shape index (κ1) is 9.97. The highest BCUT2D eigenvalue weighted by molar-refractivity contribution is 9.10. The van der Waals surface area contributed by atoms with Crippen LogP contribution < -0.4 is 10.5 Å². The minimum absolute atomic E-state index is 0.379. The minimum atomic E-state index is 0.379. The monoisotopic (exact) mass is 268 g/mol. The Hall–Kier alpha value is -1.56. The number of benzene rings is 1. The molecule has 78 valence electrons. The molecule has 2 aromatic rings. The molecule has 0 saturated carbocycles. The number of anilines is 1. The first-order valence-electron chi connectivity index (χ1n) is 4.22. The van der Waals surface area contributed by atoms with E-state index in [1.54, 1.807) is 7.11 Å². The second-order valence-electron chi connectivity index (χ2n) is 2.88. The summed E-state index contributed by atoms with van der Waals surface area (Å²) < 4.78 is 5.99. The highest BCUT2D eigenvalue weighted by Gasteiger charge is 2.06. The summed E-state index contributed by atoms with van der Waals surface area (Å²) in [5.74, 6) is 1.12. The number of halogens is 1. The fourth-order valence-corrected chi connectivity index (χ4v) is 1.57. The molecule has 2 rings (SSSR count). The van der Waals surface area contributed by atoms with Gasteiger partial charge >= 0.3 is 0 Å². The van der Waals surface area contributed by atoms with Gasteiger partial charge in [-0.1, -0.05) is 0 Å². The Labute approximate surface area is 95.0 Å². The smallest absolute Gasteiger partial charge is 0.166 e. The Morgan fingerprint density at radius 2 is 2.27 bits per heavy atom. The van der Waals surface area contributed by atoms with E-state index in [0.717, 1.165) is 15.9 Å². The third kappa shape index (κ3) is 1.94. The molecular formula is C9H9BrN4O. The van der Waals surface area contributed by atoms with Crippen LogP contribution in [0.15, 0.2) is 28.9 Å². The number of rotatable bonds is 2. The molecule has 0 bridgehead atoms. The van der Waals surface area contributed by atoms with Crippen molar-refractivity contribution >= 4 is 21.7 Å². The molecule has 6 heteroatoms. The lowest BCUT2D eigenvalue weighted by Crippen LogP contribution is -2.01. The van der Waals surface area contributed by atoms with Crippen molar-refractivity contribution in [1.82, 2.24) is 15.0 Å². The summed E-state index contributed by atoms with van der Waals surface area (Å²) in [5.41, 5.74) is 6.28. The van der Waals surface area contributed by atoms with Crippen molar-refractivity contribution in [3.05, 3.63) is 28.9 Å². The van der Waals surface area contributed by atoms with Gasteiger partial charge in [-0.3, -0.25) is 0 Å². The molecule has 0 aliphatic carbocycles. The third-order valence-electron chi connectivity index (χ3n) is 1.88. The Bertz CT molecular complexity index is 483. The van der Waals surface area contributed by atoms with Crippen molar-refractivity contribution in [2.75, 3.05) is 12.8 Å². The van der Waals surface area contributed by atoms with Gasteiger partial charge in [-0.25, -0.2) is 0 Å². The van der Waals surface area contributed by atoms with Crippen molar-refractivity contribution < 1.29 is 4.74 Å². The molecule has 0 fully saturated rings. The van der Waals surface area contributed by atoms with Gasteiger partial charge in [0.1, 0.15) is 11.4 Å². The Kier molecular flexibility index (Phi) is 2.59. The maximum absolute atomic E-state index is 5.50. The van der Waals surface area contributed by atoms with Crippen molar-refractivity contribution in [3.63, 3.8) is 0 Å². The molecule has 1 aromatic carbocycles. The summed E-state index contributed by atoms with van der Waals surface area (Å²) in [6.45, 7) is 0. The summed E-state index contributed by atoms with van der Waals surface area (Å²) in [4.78, 5) is 1.45. The SMILES string of the molecule is COc1ccc(Br)c(-n2ncc(N)n2)c1. The zero-order valence-corrected chi connectivity index (χ0v) is 9.60. The molecular weight excluding hydrogens is 260 g/mol. The standard InChI is InChI=1S/C9H9BrN4O/c1-15-6-2-3-7(10)8(4-6)14-12-5-9(11)13-14/h2-5H,1H3,(H2,11,13). The van der Waals surface area contributed by atoms with Crippen molar-refractivity contribution in [1.29, 1.82) is 0 Å². The van der Waals surface area contributed by atoms with Gasteiger partial charge in [0.2, 0.25) is 0 Å². The molecule has 0 aliphatic rings.